The van der Waals surface area contributed by atoms with Crippen LogP contribution in [0.2, 0.25) is 0 Å². The lowest BCUT2D eigenvalue weighted by atomic mass is 10.0. The maximum absolute atomic E-state index is 13.6. The molecular weight excluding hydrogens is 248 g/mol. The highest BCUT2D eigenvalue weighted by Crippen LogP contribution is 2.34. The highest BCUT2D eigenvalue weighted by atomic mass is 19.1. The molecule has 0 aliphatic carbocycles. The highest BCUT2D eigenvalue weighted by Gasteiger charge is 2.34. The Morgan fingerprint density at radius 3 is 2.74 bits per heavy atom. The lowest BCUT2D eigenvalue weighted by molar-refractivity contribution is -0.0685. The van der Waals surface area contributed by atoms with Crippen molar-refractivity contribution in [1.82, 2.24) is 4.90 Å². The van der Waals surface area contributed by atoms with E-state index in [-0.39, 0.29) is 17.5 Å². The first-order chi connectivity index (χ1) is 8.85. The molecule has 2 atom stereocenters. The summed E-state index contributed by atoms with van der Waals surface area (Å²) in [5, 5.41) is 0. The third kappa shape index (κ3) is 3.98. The minimum absolute atomic E-state index is 0.104. The van der Waals surface area contributed by atoms with Gasteiger partial charge in [-0.25, -0.2) is 8.78 Å². The van der Waals surface area contributed by atoms with Crippen LogP contribution < -0.4 is 0 Å². The van der Waals surface area contributed by atoms with Gasteiger partial charge in [-0.05, 0) is 44.9 Å². The van der Waals surface area contributed by atoms with Crippen LogP contribution in [0.15, 0.2) is 24.3 Å². The number of benzene rings is 1. The molecule has 0 aromatic heterocycles. The van der Waals surface area contributed by atoms with Crippen LogP contribution in [-0.4, -0.2) is 29.9 Å². The van der Waals surface area contributed by atoms with E-state index in [1.165, 1.54) is 12.1 Å². The zero-order valence-electron chi connectivity index (χ0n) is 11.7. The fraction of sp³-hybridized carbons (Fsp3) is 0.600. The number of alkyl halides is 1. The van der Waals surface area contributed by atoms with Gasteiger partial charge < -0.3 is 4.74 Å². The van der Waals surface area contributed by atoms with Gasteiger partial charge >= 0.3 is 0 Å². The third-order valence-corrected chi connectivity index (χ3v) is 3.25. The van der Waals surface area contributed by atoms with E-state index in [9.17, 15) is 8.78 Å². The molecule has 2 nitrogen and oxygen atoms in total. The molecule has 1 saturated heterocycles. The van der Waals surface area contributed by atoms with Crippen molar-refractivity contribution in [3.63, 3.8) is 0 Å². The standard InChI is InChI=1S/C15H21F2NO/c1-15(2,3)19-10-18-9-13(17)8-14(18)11-5-4-6-12(16)7-11/h4-7,13-14H,8-10H2,1-3H3. The van der Waals surface area contributed by atoms with Crippen molar-refractivity contribution in [1.29, 1.82) is 0 Å². The Labute approximate surface area is 113 Å². The molecule has 1 aliphatic rings. The summed E-state index contributed by atoms with van der Waals surface area (Å²) in [7, 11) is 0. The number of rotatable bonds is 3. The summed E-state index contributed by atoms with van der Waals surface area (Å²) in [6.07, 6.45) is -0.478. The normalized spacial score (nSPS) is 24.9. The summed E-state index contributed by atoms with van der Waals surface area (Å²) >= 11 is 0. The molecule has 0 N–H and O–H groups in total. The second kappa shape index (κ2) is 5.55. The molecule has 0 radical (unpaired) electrons. The van der Waals surface area contributed by atoms with Crippen LogP contribution in [-0.2, 0) is 4.74 Å². The van der Waals surface area contributed by atoms with E-state index >= 15 is 0 Å². The average Bonchev–Trinajstić information content (AvgIpc) is 2.67. The van der Waals surface area contributed by atoms with Crippen LogP contribution in [0, 0.1) is 5.82 Å². The first kappa shape index (κ1) is 14.4. The molecular formula is C15H21F2NO. The van der Waals surface area contributed by atoms with Crippen LogP contribution in [0.3, 0.4) is 0 Å². The van der Waals surface area contributed by atoms with E-state index < -0.39 is 6.17 Å². The molecule has 1 aliphatic heterocycles. The molecule has 0 saturated carbocycles. The van der Waals surface area contributed by atoms with E-state index in [0.29, 0.717) is 19.7 Å². The molecule has 1 heterocycles. The first-order valence-electron chi connectivity index (χ1n) is 6.63. The summed E-state index contributed by atoms with van der Waals surface area (Å²) in [5.74, 6) is -0.281. The molecule has 0 spiro atoms. The summed E-state index contributed by atoms with van der Waals surface area (Å²) in [6, 6.07) is 6.29. The SMILES string of the molecule is CC(C)(C)OCN1CC(F)CC1c1cccc(F)c1. The van der Waals surface area contributed by atoms with E-state index in [2.05, 4.69) is 0 Å². The molecule has 1 aromatic rings. The van der Waals surface area contributed by atoms with Crippen molar-refractivity contribution < 1.29 is 13.5 Å². The van der Waals surface area contributed by atoms with Gasteiger partial charge in [0.25, 0.3) is 0 Å². The summed E-state index contributed by atoms with van der Waals surface area (Å²) in [4.78, 5) is 1.94. The van der Waals surface area contributed by atoms with E-state index in [1.54, 1.807) is 6.07 Å². The van der Waals surface area contributed by atoms with Crippen LogP contribution in [0.1, 0.15) is 38.8 Å². The zero-order chi connectivity index (χ0) is 14.0. The Morgan fingerprint density at radius 1 is 1.37 bits per heavy atom. The van der Waals surface area contributed by atoms with Crippen LogP contribution in [0.25, 0.3) is 0 Å². The van der Waals surface area contributed by atoms with Crippen LogP contribution in [0.5, 0.6) is 0 Å². The number of nitrogens with zero attached hydrogens (tertiary/aromatic N) is 1. The smallest absolute Gasteiger partial charge is 0.123 e. The molecule has 2 rings (SSSR count). The minimum atomic E-state index is -0.878. The van der Waals surface area contributed by atoms with Gasteiger partial charge in [0.2, 0.25) is 0 Å². The molecule has 4 heteroatoms. The number of hydrogen-bond acceptors (Lipinski definition) is 2. The summed E-state index contributed by atoms with van der Waals surface area (Å²) in [6.45, 7) is 6.61. The zero-order valence-corrected chi connectivity index (χ0v) is 11.7. The lowest BCUT2D eigenvalue weighted by Gasteiger charge is -2.28. The molecule has 2 unspecified atom stereocenters. The number of halogens is 2. The van der Waals surface area contributed by atoms with Gasteiger partial charge in [0.1, 0.15) is 18.7 Å². The van der Waals surface area contributed by atoms with Gasteiger partial charge in [-0.2, -0.15) is 0 Å². The van der Waals surface area contributed by atoms with E-state index in [1.807, 2.05) is 31.7 Å². The second-order valence-electron chi connectivity index (χ2n) is 6.06. The largest absolute Gasteiger partial charge is 0.360 e. The molecule has 106 valence electrons. The molecule has 0 amide bonds. The maximum Gasteiger partial charge on any atom is 0.123 e. The Bertz CT molecular complexity index is 430. The van der Waals surface area contributed by atoms with Gasteiger partial charge in [0, 0.05) is 12.6 Å². The fourth-order valence-corrected chi connectivity index (χ4v) is 2.33. The second-order valence-corrected chi connectivity index (χ2v) is 6.06. The summed E-state index contributed by atoms with van der Waals surface area (Å²) in [5.41, 5.74) is 0.554. The number of ether oxygens (including phenoxy) is 1. The molecule has 0 bridgehead atoms. The van der Waals surface area contributed by atoms with Gasteiger partial charge in [0.15, 0.2) is 0 Å². The predicted molar refractivity (Wildman–Crippen MR) is 71.1 cm³/mol. The van der Waals surface area contributed by atoms with E-state index in [4.69, 9.17) is 4.74 Å². The topological polar surface area (TPSA) is 12.5 Å². The third-order valence-electron chi connectivity index (χ3n) is 3.25. The van der Waals surface area contributed by atoms with Gasteiger partial charge in [-0.1, -0.05) is 12.1 Å². The van der Waals surface area contributed by atoms with Gasteiger partial charge in [0.05, 0.1) is 5.60 Å². The van der Waals surface area contributed by atoms with Crippen LogP contribution in [0.4, 0.5) is 8.78 Å². The monoisotopic (exact) mass is 269 g/mol. The predicted octanol–water partition coefficient (Wildman–Crippen LogP) is 3.68. The molecule has 1 aromatic carbocycles. The first-order valence-corrected chi connectivity index (χ1v) is 6.63. The Balaban J connectivity index is 2.09. The fourth-order valence-electron chi connectivity index (χ4n) is 2.33. The Hall–Kier alpha value is -1.00. The van der Waals surface area contributed by atoms with Gasteiger partial charge in [-0.3, -0.25) is 4.90 Å². The van der Waals surface area contributed by atoms with Crippen molar-refractivity contribution in [2.45, 2.75) is 45.0 Å². The van der Waals surface area contributed by atoms with E-state index in [0.717, 1.165) is 5.56 Å². The molecule has 1 fully saturated rings. The quantitative estimate of drug-likeness (QED) is 0.830. The lowest BCUT2D eigenvalue weighted by Crippen LogP contribution is -2.32. The highest BCUT2D eigenvalue weighted by molar-refractivity contribution is 5.21. The molecule has 19 heavy (non-hydrogen) atoms. The van der Waals surface area contributed by atoms with Crippen molar-refractivity contribution in [3.8, 4) is 0 Å². The Morgan fingerprint density at radius 2 is 2.11 bits per heavy atom. The maximum atomic E-state index is 13.6. The van der Waals surface area contributed by atoms with Crippen molar-refractivity contribution >= 4 is 0 Å². The van der Waals surface area contributed by atoms with Crippen molar-refractivity contribution in [3.05, 3.63) is 35.6 Å². The van der Waals surface area contributed by atoms with Crippen molar-refractivity contribution in [2.24, 2.45) is 0 Å². The Kier molecular flexibility index (Phi) is 4.21. The number of likely N-dealkylation sites (tertiary alicyclic amines) is 1. The summed E-state index contributed by atoms with van der Waals surface area (Å²) < 4.78 is 32.6. The number of hydrogen-bond donors (Lipinski definition) is 0. The van der Waals surface area contributed by atoms with Crippen LogP contribution >= 0.6 is 0 Å². The van der Waals surface area contributed by atoms with Crippen molar-refractivity contribution in [2.75, 3.05) is 13.3 Å². The van der Waals surface area contributed by atoms with Gasteiger partial charge in [-0.15, -0.1) is 0 Å². The minimum Gasteiger partial charge on any atom is -0.360 e. The average molecular weight is 269 g/mol.